The number of rotatable bonds is 4. The summed E-state index contributed by atoms with van der Waals surface area (Å²) in [6, 6.07) is 11.3. The fourth-order valence-electron chi connectivity index (χ4n) is 1.89. The molecule has 22 heavy (non-hydrogen) atoms. The maximum absolute atomic E-state index is 13.4. The number of hydrogen-bond acceptors (Lipinski definition) is 1. The normalized spacial score (nSPS) is 11.4. The number of benzene rings is 2. The topological polar surface area (TPSA) is 36.4 Å². The first-order valence-electron chi connectivity index (χ1n) is 6.71. The molecule has 116 valence electrons. The maximum Gasteiger partial charge on any atom is 0.191 e. The average molecular weight is 368 g/mol. The van der Waals surface area contributed by atoms with E-state index in [-0.39, 0.29) is 11.6 Å². The fraction of sp³-hybridized carbons (Fsp3) is 0.188. The zero-order valence-corrected chi connectivity index (χ0v) is 13.6. The van der Waals surface area contributed by atoms with Crippen LogP contribution < -0.4 is 10.6 Å². The van der Waals surface area contributed by atoms with E-state index < -0.39 is 0 Å². The third kappa shape index (κ3) is 4.80. The van der Waals surface area contributed by atoms with Crippen LogP contribution in [0.4, 0.5) is 8.78 Å². The highest BCUT2D eigenvalue weighted by Gasteiger charge is 2.03. The minimum absolute atomic E-state index is 0.271. The van der Waals surface area contributed by atoms with Gasteiger partial charge >= 0.3 is 0 Å². The average Bonchev–Trinajstić information content (AvgIpc) is 2.51. The van der Waals surface area contributed by atoms with Crippen LogP contribution in [0.15, 0.2) is 51.9 Å². The van der Waals surface area contributed by atoms with Gasteiger partial charge in [-0.3, -0.25) is 4.99 Å². The second kappa shape index (κ2) is 7.89. The van der Waals surface area contributed by atoms with E-state index in [2.05, 4.69) is 31.6 Å². The van der Waals surface area contributed by atoms with Crippen molar-refractivity contribution >= 4 is 21.9 Å². The summed E-state index contributed by atoms with van der Waals surface area (Å²) in [5.41, 5.74) is 1.62. The van der Waals surface area contributed by atoms with Gasteiger partial charge in [0.25, 0.3) is 0 Å². The van der Waals surface area contributed by atoms with Gasteiger partial charge in [-0.25, -0.2) is 8.78 Å². The Labute approximate surface area is 136 Å². The zero-order valence-electron chi connectivity index (χ0n) is 12.0. The fourth-order valence-corrected chi connectivity index (χ4v) is 2.14. The predicted octanol–water partition coefficient (Wildman–Crippen LogP) is 3.59. The van der Waals surface area contributed by atoms with Crippen LogP contribution in [-0.2, 0) is 13.1 Å². The largest absolute Gasteiger partial charge is 0.352 e. The molecule has 2 rings (SSSR count). The number of hydrogen-bond donors (Lipinski definition) is 2. The molecule has 2 aromatic carbocycles. The molecule has 0 heterocycles. The van der Waals surface area contributed by atoms with Crippen molar-refractivity contribution in [1.82, 2.24) is 10.6 Å². The highest BCUT2D eigenvalue weighted by Crippen LogP contribution is 2.16. The molecule has 0 radical (unpaired) electrons. The summed E-state index contributed by atoms with van der Waals surface area (Å²) in [6.45, 7) is 0.888. The lowest BCUT2D eigenvalue weighted by Gasteiger charge is -2.12. The van der Waals surface area contributed by atoms with Crippen molar-refractivity contribution in [2.75, 3.05) is 7.05 Å². The van der Waals surface area contributed by atoms with Gasteiger partial charge in [-0.05, 0) is 51.3 Å². The monoisotopic (exact) mass is 367 g/mol. The predicted molar refractivity (Wildman–Crippen MR) is 87.5 cm³/mol. The molecule has 0 amide bonds. The third-order valence-electron chi connectivity index (χ3n) is 3.02. The summed E-state index contributed by atoms with van der Waals surface area (Å²) in [5, 5.41) is 6.16. The number of guanidine groups is 1. The van der Waals surface area contributed by atoms with Gasteiger partial charge in [0, 0.05) is 20.1 Å². The van der Waals surface area contributed by atoms with Gasteiger partial charge < -0.3 is 10.6 Å². The van der Waals surface area contributed by atoms with Crippen molar-refractivity contribution in [1.29, 1.82) is 0 Å². The quantitative estimate of drug-likeness (QED) is 0.639. The Hall–Kier alpha value is -1.95. The Bertz CT molecular complexity index is 674. The van der Waals surface area contributed by atoms with Gasteiger partial charge in [-0.2, -0.15) is 0 Å². The second-order valence-corrected chi connectivity index (χ2v) is 5.51. The molecule has 2 N–H and O–H groups in total. The van der Waals surface area contributed by atoms with Crippen molar-refractivity contribution < 1.29 is 8.78 Å². The highest BCUT2D eigenvalue weighted by molar-refractivity contribution is 9.10. The lowest BCUT2D eigenvalue weighted by Crippen LogP contribution is -2.36. The first kappa shape index (κ1) is 16.4. The maximum atomic E-state index is 13.4. The standard InChI is InChI=1S/C16H16BrF2N3/c1-20-16(21-9-11-3-2-4-13(18)7-11)22-10-12-5-6-14(17)15(19)8-12/h2-8H,9-10H2,1H3,(H2,20,21,22). The lowest BCUT2D eigenvalue weighted by molar-refractivity contribution is 0.617. The number of nitrogens with one attached hydrogen (secondary N) is 2. The molecule has 0 aliphatic carbocycles. The highest BCUT2D eigenvalue weighted by atomic mass is 79.9. The summed E-state index contributed by atoms with van der Waals surface area (Å²) < 4.78 is 27.0. The first-order chi connectivity index (χ1) is 10.6. The minimum atomic E-state index is -0.304. The molecule has 0 fully saturated rings. The van der Waals surface area contributed by atoms with Gasteiger partial charge in [0.15, 0.2) is 5.96 Å². The molecule has 2 aromatic rings. The van der Waals surface area contributed by atoms with Crippen LogP contribution in [0.25, 0.3) is 0 Å². The molecule has 0 spiro atoms. The second-order valence-electron chi connectivity index (χ2n) is 4.66. The molecule has 0 unspecified atom stereocenters. The zero-order chi connectivity index (χ0) is 15.9. The van der Waals surface area contributed by atoms with Crippen LogP contribution in [0.2, 0.25) is 0 Å². The van der Waals surface area contributed by atoms with E-state index in [1.165, 1.54) is 18.2 Å². The molecule has 0 saturated carbocycles. The summed E-state index contributed by atoms with van der Waals surface area (Å²) in [7, 11) is 1.64. The van der Waals surface area contributed by atoms with Gasteiger partial charge in [-0.1, -0.05) is 18.2 Å². The molecule has 0 saturated heterocycles. The Morgan fingerprint density at radius 1 is 1.05 bits per heavy atom. The van der Waals surface area contributed by atoms with Crippen molar-refractivity contribution in [2.24, 2.45) is 4.99 Å². The summed E-state index contributed by atoms with van der Waals surface area (Å²) in [6.07, 6.45) is 0. The van der Waals surface area contributed by atoms with Crippen LogP contribution in [0, 0.1) is 11.6 Å². The Morgan fingerprint density at radius 2 is 1.73 bits per heavy atom. The van der Waals surface area contributed by atoms with E-state index >= 15 is 0 Å². The van der Waals surface area contributed by atoms with Gasteiger partial charge in [0.05, 0.1) is 4.47 Å². The number of nitrogens with zero attached hydrogens (tertiary/aromatic N) is 1. The molecular weight excluding hydrogens is 352 g/mol. The van der Waals surface area contributed by atoms with Gasteiger partial charge in [0.1, 0.15) is 11.6 Å². The third-order valence-corrected chi connectivity index (χ3v) is 3.66. The minimum Gasteiger partial charge on any atom is -0.352 e. The van der Waals surface area contributed by atoms with E-state index in [1.54, 1.807) is 19.2 Å². The summed E-state index contributed by atoms with van der Waals surface area (Å²) in [4.78, 5) is 4.08. The summed E-state index contributed by atoms with van der Waals surface area (Å²) in [5.74, 6) is -0.0119. The van der Waals surface area contributed by atoms with Crippen molar-refractivity contribution in [2.45, 2.75) is 13.1 Å². The Kier molecular flexibility index (Phi) is 5.89. The van der Waals surface area contributed by atoms with Gasteiger partial charge in [-0.15, -0.1) is 0 Å². The van der Waals surface area contributed by atoms with E-state index in [0.717, 1.165) is 11.1 Å². The Morgan fingerprint density at radius 3 is 2.32 bits per heavy atom. The van der Waals surface area contributed by atoms with Crippen molar-refractivity contribution in [3.8, 4) is 0 Å². The van der Waals surface area contributed by atoms with E-state index in [9.17, 15) is 8.78 Å². The Balaban J connectivity index is 1.88. The summed E-state index contributed by atoms with van der Waals surface area (Å²) >= 11 is 3.12. The molecule has 6 heteroatoms. The van der Waals surface area contributed by atoms with Crippen LogP contribution in [-0.4, -0.2) is 13.0 Å². The molecule has 0 aromatic heterocycles. The molecule has 0 aliphatic rings. The first-order valence-corrected chi connectivity index (χ1v) is 7.50. The van der Waals surface area contributed by atoms with E-state index in [0.29, 0.717) is 23.5 Å². The smallest absolute Gasteiger partial charge is 0.191 e. The van der Waals surface area contributed by atoms with Gasteiger partial charge in [0.2, 0.25) is 0 Å². The van der Waals surface area contributed by atoms with Crippen molar-refractivity contribution in [3.63, 3.8) is 0 Å². The van der Waals surface area contributed by atoms with Crippen LogP contribution in [0.5, 0.6) is 0 Å². The molecule has 0 atom stereocenters. The SMILES string of the molecule is CN=C(NCc1cccc(F)c1)NCc1ccc(Br)c(F)c1. The van der Waals surface area contributed by atoms with Crippen LogP contribution in [0.1, 0.15) is 11.1 Å². The van der Waals surface area contributed by atoms with Crippen LogP contribution in [0.3, 0.4) is 0 Å². The number of halogens is 3. The van der Waals surface area contributed by atoms with Crippen molar-refractivity contribution in [3.05, 3.63) is 69.7 Å². The molecular formula is C16H16BrF2N3. The molecule has 3 nitrogen and oxygen atoms in total. The van der Waals surface area contributed by atoms with Crippen LogP contribution >= 0.6 is 15.9 Å². The molecule has 0 bridgehead atoms. The van der Waals surface area contributed by atoms with E-state index in [4.69, 9.17) is 0 Å². The molecule has 0 aliphatic heterocycles. The lowest BCUT2D eigenvalue weighted by atomic mass is 10.2. The van der Waals surface area contributed by atoms with E-state index in [1.807, 2.05) is 12.1 Å². The number of aliphatic imine (C=N–C) groups is 1.